The third kappa shape index (κ3) is 1.22. The lowest BCUT2D eigenvalue weighted by Gasteiger charge is -2.11. The summed E-state index contributed by atoms with van der Waals surface area (Å²) in [5.41, 5.74) is 4.21. The van der Waals surface area contributed by atoms with Crippen LogP contribution in [0.2, 0.25) is 0 Å². The van der Waals surface area contributed by atoms with E-state index in [0.29, 0.717) is 0 Å². The molecule has 1 fully saturated rings. The minimum atomic E-state index is 0.859. The van der Waals surface area contributed by atoms with Gasteiger partial charge in [-0.2, -0.15) is 0 Å². The van der Waals surface area contributed by atoms with Crippen LogP contribution < -0.4 is 0 Å². The van der Waals surface area contributed by atoms with E-state index in [-0.39, 0.29) is 0 Å². The minimum Gasteiger partial charge on any atom is -0.381 e. The van der Waals surface area contributed by atoms with Gasteiger partial charge in [-0.3, -0.25) is 0 Å². The van der Waals surface area contributed by atoms with E-state index in [0.717, 1.165) is 26.1 Å². The summed E-state index contributed by atoms with van der Waals surface area (Å²) >= 11 is 0. The van der Waals surface area contributed by atoms with Crippen LogP contribution in [0.15, 0.2) is 17.9 Å². The van der Waals surface area contributed by atoms with Crippen LogP contribution in [0, 0.1) is 0 Å². The fraction of sp³-hybridized carbons (Fsp3) is 0.571. The summed E-state index contributed by atoms with van der Waals surface area (Å²) in [5, 5.41) is 0. The molecular weight excluding hydrogens is 100 g/mol. The first kappa shape index (κ1) is 5.61. The van der Waals surface area contributed by atoms with E-state index in [1.165, 1.54) is 5.57 Å². The third-order valence-corrected chi connectivity index (χ3v) is 1.35. The number of hydrogen-bond acceptors (Lipinski definition) is 1. The normalized spacial score (nSPS) is 20.2. The molecule has 0 N–H and O–H groups in total. The summed E-state index contributed by atoms with van der Waals surface area (Å²) in [6.45, 7) is 5.28. The summed E-state index contributed by atoms with van der Waals surface area (Å²) < 4.78 is 5.11. The van der Waals surface area contributed by atoms with Crippen molar-refractivity contribution in [2.75, 3.05) is 13.2 Å². The van der Waals surface area contributed by atoms with Crippen molar-refractivity contribution in [3.8, 4) is 0 Å². The molecule has 1 nitrogen and oxygen atoms in total. The molecule has 44 valence electrons. The molecule has 0 aliphatic carbocycles. The zero-order valence-electron chi connectivity index (χ0n) is 4.94. The van der Waals surface area contributed by atoms with Crippen molar-refractivity contribution in [3.05, 3.63) is 17.9 Å². The predicted octanol–water partition coefficient (Wildman–Crippen LogP) is 1.51. The molecule has 0 atom stereocenters. The van der Waals surface area contributed by atoms with Crippen LogP contribution in [0.5, 0.6) is 0 Å². The average Bonchev–Trinajstić information content (AvgIpc) is 1.90. The maximum Gasteiger partial charge on any atom is 0.0509 e. The van der Waals surface area contributed by atoms with Crippen LogP contribution in [0.25, 0.3) is 0 Å². The van der Waals surface area contributed by atoms with Crippen molar-refractivity contribution in [1.29, 1.82) is 0 Å². The summed E-state index contributed by atoms with van der Waals surface area (Å²) in [6, 6.07) is 0. The van der Waals surface area contributed by atoms with E-state index in [9.17, 15) is 0 Å². The first-order chi connectivity index (χ1) is 3.93. The molecular formula is C7H10O. The molecule has 0 aromatic heterocycles. The lowest BCUT2D eigenvalue weighted by Crippen LogP contribution is -2.06. The van der Waals surface area contributed by atoms with Crippen molar-refractivity contribution < 1.29 is 4.74 Å². The second kappa shape index (κ2) is 2.71. The molecule has 0 aromatic rings. The highest BCUT2D eigenvalue weighted by molar-refractivity contribution is 5.00. The average molecular weight is 110 g/mol. The van der Waals surface area contributed by atoms with Gasteiger partial charge in [0.15, 0.2) is 0 Å². The predicted molar refractivity (Wildman–Crippen MR) is 32.7 cm³/mol. The second-order valence-electron chi connectivity index (χ2n) is 1.89. The summed E-state index contributed by atoms with van der Waals surface area (Å²) in [5.74, 6) is 0. The Morgan fingerprint density at radius 2 is 2.00 bits per heavy atom. The topological polar surface area (TPSA) is 9.23 Å². The van der Waals surface area contributed by atoms with Crippen molar-refractivity contribution in [2.45, 2.75) is 12.8 Å². The van der Waals surface area contributed by atoms with Crippen molar-refractivity contribution in [1.82, 2.24) is 0 Å². The van der Waals surface area contributed by atoms with Crippen molar-refractivity contribution >= 4 is 0 Å². The molecule has 1 heterocycles. The molecule has 0 bridgehead atoms. The standard InChI is InChI=1S/C7H10O/c1-2-7-3-5-8-6-4-7/h1,3-6H2. The van der Waals surface area contributed by atoms with E-state index >= 15 is 0 Å². The van der Waals surface area contributed by atoms with Crippen LogP contribution in [0.4, 0.5) is 0 Å². The summed E-state index contributed by atoms with van der Waals surface area (Å²) in [7, 11) is 0. The molecule has 1 saturated heterocycles. The largest absolute Gasteiger partial charge is 0.381 e. The summed E-state index contributed by atoms with van der Waals surface area (Å²) in [4.78, 5) is 0. The van der Waals surface area contributed by atoms with Gasteiger partial charge in [-0.1, -0.05) is 6.58 Å². The maximum absolute atomic E-state index is 5.11. The Hall–Kier alpha value is -0.520. The Bertz CT molecular complexity index is 112. The van der Waals surface area contributed by atoms with Crippen molar-refractivity contribution in [2.24, 2.45) is 0 Å². The molecule has 1 aliphatic rings. The Morgan fingerprint density at radius 3 is 2.38 bits per heavy atom. The van der Waals surface area contributed by atoms with Gasteiger partial charge in [0, 0.05) is 0 Å². The smallest absolute Gasteiger partial charge is 0.0509 e. The zero-order chi connectivity index (χ0) is 5.82. The van der Waals surface area contributed by atoms with Gasteiger partial charge < -0.3 is 4.74 Å². The Labute approximate surface area is 49.7 Å². The first-order valence-electron chi connectivity index (χ1n) is 2.89. The molecule has 0 radical (unpaired) electrons. The Kier molecular flexibility index (Phi) is 1.90. The van der Waals surface area contributed by atoms with E-state index in [2.05, 4.69) is 12.3 Å². The second-order valence-corrected chi connectivity index (χ2v) is 1.89. The molecule has 1 heteroatoms. The lowest BCUT2D eigenvalue weighted by atomic mass is 10.1. The van der Waals surface area contributed by atoms with Gasteiger partial charge in [0.1, 0.15) is 0 Å². The van der Waals surface area contributed by atoms with Crippen LogP contribution in [-0.4, -0.2) is 13.2 Å². The fourth-order valence-corrected chi connectivity index (χ4v) is 0.795. The Morgan fingerprint density at radius 1 is 1.38 bits per heavy atom. The SMILES string of the molecule is C=C=C1CCOCC1. The van der Waals surface area contributed by atoms with Gasteiger partial charge in [0.05, 0.1) is 13.2 Å². The molecule has 1 aliphatic heterocycles. The van der Waals surface area contributed by atoms with Crippen LogP contribution in [0.3, 0.4) is 0 Å². The molecule has 1 rings (SSSR count). The fourth-order valence-electron chi connectivity index (χ4n) is 0.795. The highest BCUT2D eigenvalue weighted by Crippen LogP contribution is 2.10. The lowest BCUT2D eigenvalue weighted by molar-refractivity contribution is 0.119. The molecule has 0 aromatic carbocycles. The van der Waals surface area contributed by atoms with Crippen LogP contribution >= 0.6 is 0 Å². The zero-order valence-corrected chi connectivity index (χ0v) is 4.94. The summed E-state index contributed by atoms with van der Waals surface area (Å²) in [6.07, 6.45) is 2.06. The quantitative estimate of drug-likeness (QED) is 0.429. The minimum absolute atomic E-state index is 0.859. The van der Waals surface area contributed by atoms with Crippen LogP contribution in [0.1, 0.15) is 12.8 Å². The maximum atomic E-state index is 5.11. The van der Waals surface area contributed by atoms with Gasteiger partial charge in [-0.25, -0.2) is 0 Å². The van der Waals surface area contributed by atoms with Crippen molar-refractivity contribution in [3.63, 3.8) is 0 Å². The van der Waals surface area contributed by atoms with E-state index in [1.54, 1.807) is 0 Å². The first-order valence-corrected chi connectivity index (χ1v) is 2.89. The monoisotopic (exact) mass is 110 g/mol. The molecule has 0 amide bonds. The van der Waals surface area contributed by atoms with E-state index < -0.39 is 0 Å². The Balaban J connectivity index is 2.45. The van der Waals surface area contributed by atoms with Gasteiger partial charge in [-0.15, -0.1) is 5.73 Å². The van der Waals surface area contributed by atoms with E-state index in [1.807, 2.05) is 0 Å². The van der Waals surface area contributed by atoms with Gasteiger partial charge in [-0.05, 0) is 18.4 Å². The highest BCUT2D eigenvalue weighted by Gasteiger charge is 2.02. The van der Waals surface area contributed by atoms with Crippen LogP contribution in [-0.2, 0) is 4.74 Å². The van der Waals surface area contributed by atoms with Gasteiger partial charge in [0.25, 0.3) is 0 Å². The highest BCUT2D eigenvalue weighted by atomic mass is 16.5. The molecule has 8 heavy (non-hydrogen) atoms. The third-order valence-electron chi connectivity index (χ3n) is 1.35. The number of rotatable bonds is 0. The van der Waals surface area contributed by atoms with Gasteiger partial charge >= 0.3 is 0 Å². The molecule has 0 spiro atoms. The number of hydrogen-bond donors (Lipinski definition) is 0. The van der Waals surface area contributed by atoms with E-state index in [4.69, 9.17) is 4.74 Å². The number of ether oxygens (including phenoxy) is 1. The van der Waals surface area contributed by atoms with Gasteiger partial charge in [0.2, 0.25) is 0 Å². The molecule has 0 saturated carbocycles. The molecule has 0 unspecified atom stereocenters.